The van der Waals surface area contributed by atoms with E-state index in [1.165, 1.54) is 19.4 Å². The SMILES string of the molecule is COC(=O)C1(C(=O)OC)[C@@H](N(O[Si](C)(C)C)O[Si](C)(C)C)[C@@H]1c1ccccc1OC. The van der Waals surface area contributed by atoms with Gasteiger partial charge in [0.25, 0.3) is 0 Å². The van der Waals surface area contributed by atoms with Crippen molar-refractivity contribution in [3.05, 3.63) is 29.8 Å². The molecule has 2 atom stereocenters. The smallest absolute Gasteiger partial charge is 0.325 e. The molecule has 8 nitrogen and oxygen atoms in total. The Labute approximate surface area is 180 Å². The molecule has 0 amide bonds. The van der Waals surface area contributed by atoms with E-state index in [4.69, 9.17) is 23.3 Å². The van der Waals surface area contributed by atoms with Gasteiger partial charge in [0.2, 0.25) is 16.6 Å². The van der Waals surface area contributed by atoms with Gasteiger partial charge in [-0.25, -0.2) is 0 Å². The third kappa shape index (κ3) is 4.78. The average molecular weight is 456 g/mol. The predicted octanol–water partition coefficient (Wildman–Crippen LogP) is 3.33. The number of hydrogen-bond acceptors (Lipinski definition) is 8. The van der Waals surface area contributed by atoms with Crippen LogP contribution in [-0.2, 0) is 28.1 Å². The van der Waals surface area contributed by atoms with E-state index in [1.807, 2.05) is 57.5 Å². The summed E-state index contributed by atoms with van der Waals surface area (Å²) in [4.78, 5) is 26.1. The predicted molar refractivity (Wildman–Crippen MR) is 117 cm³/mol. The van der Waals surface area contributed by atoms with Crippen LogP contribution in [0, 0.1) is 5.41 Å². The topological polar surface area (TPSA) is 83.5 Å². The Morgan fingerprint density at radius 2 is 1.33 bits per heavy atom. The van der Waals surface area contributed by atoms with Crippen molar-refractivity contribution in [2.45, 2.75) is 51.2 Å². The fourth-order valence-electron chi connectivity index (χ4n) is 3.58. The minimum Gasteiger partial charge on any atom is -0.496 e. The molecule has 2 rings (SSSR count). The first-order chi connectivity index (χ1) is 13.8. The number of carbonyl (C=O) groups is 2. The summed E-state index contributed by atoms with van der Waals surface area (Å²) in [7, 11) is -0.266. The van der Waals surface area contributed by atoms with E-state index in [-0.39, 0.29) is 0 Å². The molecule has 30 heavy (non-hydrogen) atoms. The third-order valence-electron chi connectivity index (χ3n) is 4.64. The highest BCUT2D eigenvalue weighted by Gasteiger charge is 2.81. The van der Waals surface area contributed by atoms with Gasteiger partial charge >= 0.3 is 11.9 Å². The molecule has 0 bridgehead atoms. The summed E-state index contributed by atoms with van der Waals surface area (Å²) in [5.74, 6) is -1.46. The minimum atomic E-state index is -2.16. The Morgan fingerprint density at radius 3 is 1.73 bits per heavy atom. The number of para-hydroxylation sites is 1. The molecular weight excluding hydrogens is 422 g/mol. The number of esters is 2. The molecule has 1 fully saturated rings. The summed E-state index contributed by atoms with van der Waals surface area (Å²) in [6.07, 6.45) is 0. The molecule has 0 radical (unpaired) electrons. The number of ether oxygens (including phenoxy) is 3. The standard InChI is InChI=1S/C20H33NO7Si2/c1-24-15-13-11-10-12-14(15)16-17(20(16,18(22)25-2)19(23)26-3)21(27-29(4,5)6)28-30(7,8)9/h10-13,16-17H,1-9H3/t16-,17-/m0/s1. The maximum atomic E-state index is 13.0. The van der Waals surface area contributed by atoms with Crippen LogP contribution in [0.2, 0.25) is 39.3 Å². The van der Waals surface area contributed by atoms with Crippen molar-refractivity contribution in [2.75, 3.05) is 21.3 Å². The number of hydroxylamine groups is 2. The van der Waals surface area contributed by atoms with Crippen LogP contribution in [-0.4, -0.2) is 61.2 Å². The zero-order valence-electron chi connectivity index (χ0n) is 19.3. The molecule has 0 aromatic heterocycles. The van der Waals surface area contributed by atoms with Gasteiger partial charge < -0.3 is 23.3 Å². The van der Waals surface area contributed by atoms with E-state index in [0.717, 1.165) is 0 Å². The summed E-state index contributed by atoms with van der Waals surface area (Å²) in [6.45, 7) is 12.0. The number of rotatable bonds is 9. The summed E-state index contributed by atoms with van der Waals surface area (Å²) in [6, 6.07) is 6.51. The number of benzene rings is 1. The molecule has 1 saturated carbocycles. The van der Waals surface area contributed by atoms with E-state index in [1.54, 1.807) is 13.2 Å². The highest BCUT2D eigenvalue weighted by molar-refractivity contribution is 6.70. The highest BCUT2D eigenvalue weighted by Crippen LogP contribution is 2.65. The van der Waals surface area contributed by atoms with Crippen LogP contribution in [0.1, 0.15) is 11.5 Å². The minimum absolute atomic E-state index is 0.558. The van der Waals surface area contributed by atoms with Crippen LogP contribution in [0.25, 0.3) is 0 Å². The molecule has 1 aromatic carbocycles. The van der Waals surface area contributed by atoms with Crippen LogP contribution < -0.4 is 4.74 Å². The van der Waals surface area contributed by atoms with Crippen LogP contribution in [0.3, 0.4) is 0 Å². The zero-order chi connectivity index (χ0) is 22.9. The maximum absolute atomic E-state index is 13.0. The summed E-state index contributed by atoms with van der Waals surface area (Å²) < 4.78 is 28.1. The number of methoxy groups -OCH3 is 3. The molecule has 168 valence electrons. The lowest BCUT2D eigenvalue weighted by atomic mass is 9.98. The molecule has 1 aromatic rings. The lowest BCUT2D eigenvalue weighted by molar-refractivity contribution is -0.285. The van der Waals surface area contributed by atoms with Crippen molar-refractivity contribution in [1.29, 1.82) is 0 Å². The fraction of sp³-hybridized carbons (Fsp3) is 0.600. The molecule has 0 heterocycles. The Kier molecular flexibility index (Phi) is 7.19. The van der Waals surface area contributed by atoms with Crippen LogP contribution >= 0.6 is 0 Å². The lowest BCUT2D eigenvalue weighted by Gasteiger charge is -2.34. The van der Waals surface area contributed by atoms with Crippen LogP contribution in [0.15, 0.2) is 24.3 Å². The average Bonchev–Trinajstić information content (AvgIpc) is 3.34. The van der Waals surface area contributed by atoms with Gasteiger partial charge in [-0.15, -0.1) is 0 Å². The second-order valence-electron chi connectivity index (χ2n) is 9.21. The summed E-state index contributed by atoms with van der Waals surface area (Å²) in [5, 5.41) is 1.38. The van der Waals surface area contributed by atoms with Gasteiger partial charge in [-0.2, -0.15) is 0 Å². The first-order valence-electron chi connectivity index (χ1n) is 9.80. The van der Waals surface area contributed by atoms with Crippen LogP contribution in [0.4, 0.5) is 0 Å². The molecule has 1 aliphatic rings. The first-order valence-corrected chi connectivity index (χ1v) is 16.6. The van der Waals surface area contributed by atoms with Crippen molar-refractivity contribution in [2.24, 2.45) is 5.41 Å². The molecule has 10 heteroatoms. The van der Waals surface area contributed by atoms with Crippen molar-refractivity contribution >= 4 is 28.6 Å². The van der Waals surface area contributed by atoms with E-state index < -0.39 is 45.9 Å². The van der Waals surface area contributed by atoms with Crippen molar-refractivity contribution in [1.82, 2.24) is 5.23 Å². The number of nitrogens with zero attached hydrogens (tertiary/aromatic N) is 1. The van der Waals surface area contributed by atoms with Gasteiger partial charge in [-0.3, -0.25) is 9.59 Å². The lowest BCUT2D eigenvalue weighted by Crippen LogP contribution is -2.48. The Morgan fingerprint density at radius 1 is 0.867 bits per heavy atom. The molecule has 0 aliphatic heterocycles. The number of hydrogen-bond donors (Lipinski definition) is 0. The van der Waals surface area contributed by atoms with Crippen molar-refractivity contribution in [3.8, 4) is 5.75 Å². The fourth-order valence-corrected chi connectivity index (χ4v) is 5.04. The van der Waals surface area contributed by atoms with Crippen LogP contribution in [0.5, 0.6) is 5.75 Å². The molecular formula is C20H33NO7Si2. The van der Waals surface area contributed by atoms with E-state index in [9.17, 15) is 9.59 Å². The summed E-state index contributed by atoms with van der Waals surface area (Å²) in [5.41, 5.74) is -0.943. The van der Waals surface area contributed by atoms with Crippen molar-refractivity contribution in [3.63, 3.8) is 0 Å². The highest BCUT2D eigenvalue weighted by atomic mass is 28.4. The van der Waals surface area contributed by atoms with Gasteiger partial charge in [-0.1, -0.05) is 23.4 Å². The van der Waals surface area contributed by atoms with Gasteiger partial charge in [-0.05, 0) is 45.3 Å². The Bertz CT molecular complexity index is 756. The summed E-state index contributed by atoms with van der Waals surface area (Å²) >= 11 is 0. The monoisotopic (exact) mass is 455 g/mol. The zero-order valence-corrected chi connectivity index (χ0v) is 21.3. The van der Waals surface area contributed by atoms with Gasteiger partial charge in [0.1, 0.15) is 5.75 Å². The van der Waals surface area contributed by atoms with Crippen molar-refractivity contribution < 1.29 is 32.9 Å². The van der Waals surface area contributed by atoms with E-state index >= 15 is 0 Å². The molecule has 0 unspecified atom stereocenters. The van der Waals surface area contributed by atoms with Gasteiger partial charge in [0, 0.05) is 11.5 Å². The molecule has 0 saturated heterocycles. The number of carbonyl (C=O) groups excluding carboxylic acids is 2. The first kappa shape index (κ1) is 24.5. The molecule has 1 aliphatic carbocycles. The quantitative estimate of drug-likeness (QED) is 0.243. The molecule has 0 spiro atoms. The van der Waals surface area contributed by atoms with E-state index in [2.05, 4.69) is 0 Å². The van der Waals surface area contributed by atoms with E-state index in [0.29, 0.717) is 11.3 Å². The Hall–Kier alpha value is -1.73. The second kappa shape index (κ2) is 8.79. The maximum Gasteiger partial charge on any atom is 0.325 e. The normalized spacial score (nSPS) is 20.6. The van der Waals surface area contributed by atoms with Gasteiger partial charge in [0.15, 0.2) is 5.41 Å². The Balaban J connectivity index is 2.68. The second-order valence-corrected chi connectivity index (χ2v) is 18.0. The molecule has 0 N–H and O–H groups in total. The third-order valence-corrected chi connectivity index (χ3v) is 6.09. The largest absolute Gasteiger partial charge is 0.496 e. The van der Waals surface area contributed by atoms with Gasteiger partial charge in [0.05, 0.1) is 27.4 Å².